The second kappa shape index (κ2) is 6.18. The number of carbonyl (C=O) groups excluding carboxylic acids is 1. The molecule has 0 bridgehead atoms. The van der Waals surface area contributed by atoms with Gasteiger partial charge in [0, 0.05) is 12.2 Å². The molecule has 0 saturated carbocycles. The van der Waals surface area contributed by atoms with E-state index in [0.29, 0.717) is 6.54 Å². The van der Waals surface area contributed by atoms with E-state index in [1.807, 2.05) is 6.92 Å². The summed E-state index contributed by atoms with van der Waals surface area (Å²) in [5.74, 6) is -0.845. The van der Waals surface area contributed by atoms with E-state index in [9.17, 15) is 9.18 Å². The molecule has 0 aliphatic heterocycles. The van der Waals surface area contributed by atoms with E-state index in [4.69, 9.17) is 9.15 Å². The highest BCUT2D eigenvalue weighted by Gasteiger charge is 2.18. The fourth-order valence-corrected chi connectivity index (χ4v) is 1.74. The summed E-state index contributed by atoms with van der Waals surface area (Å²) >= 11 is 0. The van der Waals surface area contributed by atoms with Gasteiger partial charge in [-0.1, -0.05) is 0 Å². The summed E-state index contributed by atoms with van der Waals surface area (Å²) in [4.78, 5) is 17.4. The molecule has 20 heavy (non-hydrogen) atoms. The average Bonchev–Trinajstić information content (AvgIpc) is 2.92. The monoisotopic (exact) mass is 278 g/mol. The highest BCUT2D eigenvalue weighted by molar-refractivity contribution is 5.87. The summed E-state index contributed by atoms with van der Waals surface area (Å²) in [6, 6.07) is 6.21. The molecule has 1 heterocycles. The van der Waals surface area contributed by atoms with Crippen LogP contribution in [0, 0.1) is 5.82 Å². The molecule has 2 rings (SSSR count). The van der Waals surface area contributed by atoms with Crippen molar-refractivity contribution in [3.05, 3.63) is 42.0 Å². The molecule has 0 fully saturated rings. The van der Waals surface area contributed by atoms with Crippen molar-refractivity contribution in [3.63, 3.8) is 0 Å². The quantitative estimate of drug-likeness (QED) is 0.786. The number of nitrogens with zero attached hydrogens (tertiary/aromatic N) is 2. The maximum absolute atomic E-state index is 12.9. The number of ether oxygens (including phenoxy) is 1. The minimum absolute atomic E-state index is 0.113. The maximum Gasteiger partial charge on any atom is 0.360 e. The van der Waals surface area contributed by atoms with Crippen LogP contribution in [0.4, 0.5) is 16.1 Å². The maximum atomic E-state index is 12.9. The Morgan fingerprint density at radius 1 is 1.35 bits per heavy atom. The van der Waals surface area contributed by atoms with Crippen LogP contribution in [0.3, 0.4) is 0 Å². The molecular weight excluding hydrogens is 263 g/mol. The van der Waals surface area contributed by atoms with Gasteiger partial charge in [-0.25, -0.2) is 9.18 Å². The van der Waals surface area contributed by atoms with Gasteiger partial charge in [0.15, 0.2) is 5.69 Å². The van der Waals surface area contributed by atoms with E-state index in [0.717, 1.165) is 5.69 Å². The van der Waals surface area contributed by atoms with Crippen molar-refractivity contribution < 1.29 is 18.3 Å². The number of oxazole rings is 1. The van der Waals surface area contributed by atoms with E-state index in [1.54, 1.807) is 24.0 Å². The van der Waals surface area contributed by atoms with Gasteiger partial charge in [-0.3, -0.25) is 4.90 Å². The summed E-state index contributed by atoms with van der Waals surface area (Å²) in [5.41, 5.74) is 0.841. The topological polar surface area (TPSA) is 55.6 Å². The van der Waals surface area contributed by atoms with Gasteiger partial charge < -0.3 is 9.15 Å². The molecule has 0 amide bonds. The third-order valence-corrected chi connectivity index (χ3v) is 2.66. The number of hydrogen-bond acceptors (Lipinski definition) is 5. The number of halogens is 1. The molecule has 0 aliphatic rings. The SMILES string of the molecule is CCOC(=O)c1coc(N(CC)c2ccc(F)cc2)n1. The highest BCUT2D eigenvalue weighted by Crippen LogP contribution is 2.24. The lowest BCUT2D eigenvalue weighted by Crippen LogP contribution is -2.16. The third-order valence-electron chi connectivity index (χ3n) is 2.66. The summed E-state index contributed by atoms with van der Waals surface area (Å²) in [6.07, 6.45) is 1.25. The predicted molar refractivity (Wildman–Crippen MR) is 71.5 cm³/mol. The number of hydrogen-bond donors (Lipinski definition) is 0. The van der Waals surface area contributed by atoms with Gasteiger partial charge in [0.05, 0.1) is 6.61 Å². The van der Waals surface area contributed by atoms with Gasteiger partial charge in [-0.15, -0.1) is 0 Å². The van der Waals surface area contributed by atoms with Crippen LogP contribution in [0.1, 0.15) is 24.3 Å². The van der Waals surface area contributed by atoms with Gasteiger partial charge in [-0.05, 0) is 38.1 Å². The molecule has 0 N–H and O–H groups in total. The molecule has 0 atom stereocenters. The summed E-state index contributed by atoms with van der Waals surface area (Å²) in [5, 5.41) is 0. The van der Waals surface area contributed by atoms with E-state index in [-0.39, 0.29) is 24.1 Å². The molecule has 0 unspecified atom stereocenters. The van der Waals surface area contributed by atoms with E-state index < -0.39 is 5.97 Å². The first kappa shape index (κ1) is 14.0. The Labute approximate surface area is 116 Å². The van der Waals surface area contributed by atoms with Gasteiger partial charge >= 0.3 is 12.0 Å². The fourth-order valence-electron chi connectivity index (χ4n) is 1.74. The van der Waals surface area contributed by atoms with Crippen molar-refractivity contribution in [2.45, 2.75) is 13.8 Å². The minimum atomic E-state index is -0.530. The Kier molecular flexibility index (Phi) is 4.34. The first-order valence-electron chi connectivity index (χ1n) is 6.31. The van der Waals surface area contributed by atoms with Crippen molar-refractivity contribution in [2.75, 3.05) is 18.1 Å². The first-order valence-corrected chi connectivity index (χ1v) is 6.31. The Morgan fingerprint density at radius 3 is 2.65 bits per heavy atom. The van der Waals surface area contributed by atoms with Crippen LogP contribution in [0.25, 0.3) is 0 Å². The van der Waals surface area contributed by atoms with Gasteiger partial charge in [0.1, 0.15) is 12.1 Å². The van der Waals surface area contributed by atoms with Crippen LogP contribution in [-0.4, -0.2) is 24.1 Å². The Morgan fingerprint density at radius 2 is 2.05 bits per heavy atom. The summed E-state index contributed by atoms with van der Waals surface area (Å²) in [6.45, 7) is 4.46. The number of benzene rings is 1. The van der Waals surface area contributed by atoms with E-state index in [1.165, 1.54) is 18.4 Å². The number of esters is 1. The first-order chi connectivity index (χ1) is 9.65. The molecule has 2 aromatic rings. The Hall–Kier alpha value is -2.37. The van der Waals surface area contributed by atoms with E-state index in [2.05, 4.69) is 4.98 Å². The molecule has 1 aromatic heterocycles. The molecule has 5 nitrogen and oxygen atoms in total. The summed E-state index contributed by atoms with van der Waals surface area (Å²) < 4.78 is 23.1. The fraction of sp³-hybridized carbons (Fsp3) is 0.286. The zero-order valence-electron chi connectivity index (χ0n) is 11.3. The molecule has 0 aliphatic carbocycles. The molecule has 1 aromatic carbocycles. The number of aromatic nitrogens is 1. The van der Waals surface area contributed by atoms with Crippen LogP contribution in [0.2, 0.25) is 0 Å². The van der Waals surface area contributed by atoms with Gasteiger partial charge in [-0.2, -0.15) is 4.98 Å². The molecule has 0 spiro atoms. The Balaban J connectivity index is 2.24. The molecule has 6 heteroatoms. The highest BCUT2D eigenvalue weighted by atomic mass is 19.1. The number of carbonyl (C=O) groups is 1. The lowest BCUT2D eigenvalue weighted by molar-refractivity contribution is 0.0519. The van der Waals surface area contributed by atoms with Crippen molar-refractivity contribution in [3.8, 4) is 0 Å². The van der Waals surface area contributed by atoms with Crippen molar-refractivity contribution in [1.29, 1.82) is 0 Å². The van der Waals surface area contributed by atoms with Crippen LogP contribution >= 0.6 is 0 Å². The number of rotatable bonds is 5. The standard InChI is InChI=1S/C14H15FN2O3/c1-3-17(11-7-5-10(15)6-8-11)14-16-12(9-20-14)13(18)19-4-2/h5-9H,3-4H2,1-2H3. The molecule has 0 saturated heterocycles. The molecular formula is C14H15FN2O3. The number of anilines is 2. The van der Waals surface area contributed by atoms with Gasteiger partial charge in [0.25, 0.3) is 0 Å². The summed E-state index contributed by atoms with van der Waals surface area (Å²) in [7, 11) is 0. The smallest absolute Gasteiger partial charge is 0.360 e. The van der Waals surface area contributed by atoms with E-state index >= 15 is 0 Å². The van der Waals surface area contributed by atoms with Crippen molar-refractivity contribution >= 4 is 17.7 Å². The zero-order chi connectivity index (χ0) is 14.5. The Bertz CT molecular complexity index is 580. The molecule has 0 radical (unpaired) electrons. The van der Waals surface area contributed by atoms with Crippen LogP contribution in [-0.2, 0) is 4.74 Å². The largest absolute Gasteiger partial charge is 0.461 e. The average molecular weight is 278 g/mol. The van der Waals surface area contributed by atoms with Gasteiger partial charge in [0.2, 0.25) is 0 Å². The van der Waals surface area contributed by atoms with Crippen LogP contribution in [0.5, 0.6) is 0 Å². The normalized spacial score (nSPS) is 10.3. The third kappa shape index (κ3) is 2.96. The van der Waals surface area contributed by atoms with Crippen molar-refractivity contribution in [1.82, 2.24) is 4.98 Å². The zero-order valence-corrected chi connectivity index (χ0v) is 11.3. The lowest BCUT2D eigenvalue weighted by Gasteiger charge is -2.18. The second-order valence-corrected chi connectivity index (χ2v) is 3.96. The molecule has 106 valence electrons. The minimum Gasteiger partial charge on any atom is -0.461 e. The lowest BCUT2D eigenvalue weighted by atomic mass is 10.3. The van der Waals surface area contributed by atoms with Crippen molar-refractivity contribution in [2.24, 2.45) is 0 Å². The van der Waals surface area contributed by atoms with Crippen LogP contribution < -0.4 is 4.90 Å². The predicted octanol–water partition coefficient (Wildman–Crippen LogP) is 3.15. The second-order valence-electron chi connectivity index (χ2n) is 3.96. The van der Waals surface area contributed by atoms with Crippen LogP contribution in [0.15, 0.2) is 34.9 Å².